The number of benzene rings is 2. The molecule has 0 amide bonds. The van der Waals surface area contributed by atoms with E-state index in [0.29, 0.717) is 0 Å². The van der Waals surface area contributed by atoms with Crippen LogP contribution in [0.5, 0.6) is 0 Å². The fourth-order valence-corrected chi connectivity index (χ4v) is 3.45. The van der Waals surface area contributed by atoms with Crippen LogP contribution in [-0.4, -0.2) is 19.2 Å². The van der Waals surface area contributed by atoms with Gasteiger partial charge in [0.25, 0.3) is 0 Å². The molecule has 0 aliphatic carbocycles. The standard InChI is InChI=1S/C16H20N2O2S/c17-15(11-13-7-3-1-4-8-13)21(19,20)16(18)12-14-9-5-2-6-10-14/h1-10,15-16H,11-12,17-18H2. The average molecular weight is 304 g/mol. The van der Waals surface area contributed by atoms with Gasteiger partial charge < -0.3 is 11.5 Å². The molecule has 2 aromatic carbocycles. The summed E-state index contributed by atoms with van der Waals surface area (Å²) < 4.78 is 24.8. The summed E-state index contributed by atoms with van der Waals surface area (Å²) in [5.41, 5.74) is 13.5. The smallest absolute Gasteiger partial charge is 0.182 e. The second-order valence-corrected chi connectivity index (χ2v) is 7.43. The molecule has 112 valence electrons. The molecule has 0 fully saturated rings. The van der Waals surface area contributed by atoms with E-state index in [0.717, 1.165) is 11.1 Å². The largest absolute Gasteiger partial charge is 0.315 e. The minimum Gasteiger partial charge on any atom is -0.315 e. The lowest BCUT2D eigenvalue weighted by atomic mass is 10.1. The lowest BCUT2D eigenvalue weighted by molar-refractivity contribution is 0.562. The summed E-state index contributed by atoms with van der Waals surface area (Å²) in [6, 6.07) is 18.6. The van der Waals surface area contributed by atoms with Crippen molar-refractivity contribution >= 4 is 9.84 Å². The summed E-state index contributed by atoms with van der Waals surface area (Å²) in [6.07, 6.45) is 0.539. The summed E-state index contributed by atoms with van der Waals surface area (Å²) in [4.78, 5) is 0. The van der Waals surface area contributed by atoms with Crippen molar-refractivity contribution in [1.82, 2.24) is 0 Å². The Balaban J connectivity index is 2.06. The van der Waals surface area contributed by atoms with Crippen LogP contribution < -0.4 is 11.5 Å². The summed E-state index contributed by atoms with van der Waals surface area (Å²) >= 11 is 0. The molecule has 2 rings (SSSR count). The number of sulfone groups is 1. The van der Waals surface area contributed by atoms with Gasteiger partial charge in [0.2, 0.25) is 0 Å². The molecule has 0 bridgehead atoms. The van der Waals surface area contributed by atoms with Crippen LogP contribution in [0.3, 0.4) is 0 Å². The van der Waals surface area contributed by atoms with E-state index in [-0.39, 0.29) is 12.8 Å². The molecule has 2 unspecified atom stereocenters. The van der Waals surface area contributed by atoms with Gasteiger partial charge in [-0.1, -0.05) is 60.7 Å². The fraction of sp³-hybridized carbons (Fsp3) is 0.250. The summed E-state index contributed by atoms with van der Waals surface area (Å²) in [7, 11) is -3.58. The van der Waals surface area contributed by atoms with Crippen LogP contribution in [0.1, 0.15) is 11.1 Å². The SMILES string of the molecule is NC(Cc1ccccc1)S(=O)(=O)C(N)Cc1ccccc1. The third kappa shape index (κ3) is 4.14. The van der Waals surface area contributed by atoms with Crippen molar-refractivity contribution in [3.63, 3.8) is 0 Å². The summed E-state index contributed by atoms with van der Waals surface area (Å²) in [5.74, 6) is 0. The van der Waals surface area contributed by atoms with E-state index in [1.54, 1.807) is 0 Å². The van der Waals surface area contributed by atoms with Crippen LogP contribution in [0.25, 0.3) is 0 Å². The number of hydrogen-bond acceptors (Lipinski definition) is 4. The molecule has 0 spiro atoms. The lowest BCUT2D eigenvalue weighted by Crippen LogP contribution is -2.45. The van der Waals surface area contributed by atoms with Crippen LogP contribution in [0.15, 0.2) is 60.7 Å². The Bertz CT molecular complexity index is 604. The highest BCUT2D eigenvalue weighted by Crippen LogP contribution is 2.13. The first-order chi connectivity index (χ1) is 10.00. The van der Waals surface area contributed by atoms with Gasteiger partial charge >= 0.3 is 0 Å². The quantitative estimate of drug-likeness (QED) is 0.846. The molecule has 0 saturated heterocycles. The summed E-state index contributed by atoms with van der Waals surface area (Å²) in [5, 5.41) is -1.97. The summed E-state index contributed by atoms with van der Waals surface area (Å²) in [6.45, 7) is 0. The van der Waals surface area contributed by atoms with Gasteiger partial charge in [0.15, 0.2) is 9.84 Å². The first kappa shape index (κ1) is 15.7. The van der Waals surface area contributed by atoms with E-state index in [1.165, 1.54) is 0 Å². The normalized spacial score (nSPS) is 14.6. The van der Waals surface area contributed by atoms with Crippen LogP contribution >= 0.6 is 0 Å². The molecule has 0 saturated carbocycles. The van der Waals surface area contributed by atoms with Gasteiger partial charge in [0.05, 0.1) is 0 Å². The molecule has 0 aliphatic rings. The first-order valence-corrected chi connectivity index (χ1v) is 8.43. The first-order valence-electron chi connectivity index (χ1n) is 6.82. The molecule has 2 atom stereocenters. The molecular formula is C16H20N2O2S. The van der Waals surface area contributed by atoms with Crippen LogP contribution in [0.2, 0.25) is 0 Å². The average Bonchev–Trinajstić information content (AvgIpc) is 2.49. The molecule has 0 radical (unpaired) electrons. The third-order valence-electron chi connectivity index (χ3n) is 3.40. The molecule has 0 heterocycles. The molecule has 5 heteroatoms. The molecule has 0 aliphatic heterocycles. The van der Waals surface area contributed by atoms with E-state index in [9.17, 15) is 8.42 Å². The Morgan fingerprint density at radius 3 is 1.38 bits per heavy atom. The Kier molecular flexibility index (Phi) is 5.12. The van der Waals surface area contributed by atoms with Crippen molar-refractivity contribution in [2.45, 2.75) is 23.6 Å². The molecule has 4 nitrogen and oxygen atoms in total. The van der Waals surface area contributed by atoms with Gasteiger partial charge in [-0.3, -0.25) is 0 Å². The molecule has 21 heavy (non-hydrogen) atoms. The van der Waals surface area contributed by atoms with Gasteiger partial charge in [-0.15, -0.1) is 0 Å². The maximum atomic E-state index is 12.4. The molecule has 4 N–H and O–H groups in total. The van der Waals surface area contributed by atoms with E-state index in [4.69, 9.17) is 11.5 Å². The Labute approximate surface area is 125 Å². The number of nitrogens with two attached hydrogens (primary N) is 2. The number of hydrogen-bond donors (Lipinski definition) is 2. The monoisotopic (exact) mass is 304 g/mol. The van der Waals surface area contributed by atoms with Gasteiger partial charge in [-0.2, -0.15) is 0 Å². The van der Waals surface area contributed by atoms with Crippen molar-refractivity contribution in [3.05, 3.63) is 71.8 Å². The highest BCUT2D eigenvalue weighted by atomic mass is 32.2. The van der Waals surface area contributed by atoms with E-state index >= 15 is 0 Å². The van der Waals surface area contributed by atoms with Crippen molar-refractivity contribution in [1.29, 1.82) is 0 Å². The topological polar surface area (TPSA) is 86.2 Å². The van der Waals surface area contributed by atoms with E-state index < -0.39 is 20.6 Å². The van der Waals surface area contributed by atoms with Gasteiger partial charge in [-0.05, 0) is 11.1 Å². The van der Waals surface area contributed by atoms with Crippen LogP contribution in [0.4, 0.5) is 0 Å². The predicted molar refractivity (Wildman–Crippen MR) is 85.2 cm³/mol. The molecular weight excluding hydrogens is 284 g/mol. The van der Waals surface area contributed by atoms with Crippen LogP contribution in [0, 0.1) is 0 Å². The molecule has 2 aromatic rings. The van der Waals surface area contributed by atoms with Crippen molar-refractivity contribution < 1.29 is 8.42 Å². The zero-order valence-corrected chi connectivity index (χ0v) is 12.5. The van der Waals surface area contributed by atoms with Crippen molar-refractivity contribution in [3.8, 4) is 0 Å². The fourth-order valence-electron chi connectivity index (χ4n) is 2.15. The van der Waals surface area contributed by atoms with Gasteiger partial charge in [0, 0.05) is 12.8 Å². The third-order valence-corrected chi connectivity index (χ3v) is 5.42. The maximum absolute atomic E-state index is 12.4. The molecule has 0 aromatic heterocycles. The van der Waals surface area contributed by atoms with Crippen molar-refractivity contribution in [2.75, 3.05) is 0 Å². The Morgan fingerprint density at radius 2 is 1.05 bits per heavy atom. The lowest BCUT2D eigenvalue weighted by Gasteiger charge is -2.19. The highest BCUT2D eigenvalue weighted by Gasteiger charge is 2.29. The minimum atomic E-state index is -3.58. The second kappa shape index (κ2) is 6.85. The second-order valence-electron chi connectivity index (χ2n) is 5.05. The van der Waals surface area contributed by atoms with E-state index in [2.05, 4.69) is 0 Å². The van der Waals surface area contributed by atoms with Crippen molar-refractivity contribution in [2.24, 2.45) is 11.5 Å². The Hall–Kier alpha value is -1.69. The predicted octanol–water partition coefficient (Wildman–Crippen LogP) is 1.46. The van der Waals surface area contributed by atoms with Crippen LogP contribution in [-0.2, 0) is 22.7 Å². The van der Waals surface area contributed by atoms with Gasteiger partial charge in [0.1, 0.15) is 10.7 Å². The van der Waals surface area contributed by atoms with E-state index in [1.807, 2.05) is 60.7 Å². The van der Waals surface area contributed by atoms with Gasteiger partial charge in [-0.25, -0.2) is 8.42 Å². The Morgan fingerprint density at radius 1 is 0.714 bits per heavy atom. The highest BCUT2D eigenvalue weighted by molar-refractivity contribution is 7.92. The number of rotatable bonds is 6. The zero-order valence-electron chi connectivity index (χ0n) is 11.7. The minimum absolute atomic E-state index is 0.270. The zero-order chi connectivity index (χ0) is 15.3. The maximum Gasteiger partial charge on any atom is 0.182 e.